The molecule has 0 saturated carbocycles. The van der Waals surface area contributed by atoms with Crippen molar-refractivity contribution in [1.82, 2.24) is 5.32 Å². The minimum Gasteiger partial charge on any atom is -0.490 e. The van der Waals surface area contributed by atoms with E-state index in [2.05, 4.69) is 16.8 Å². The predicted octanol–water partition coefficient (Wildman–Crippen LogP) is 3.27. The van der Waals surface area contributed by atoms with Crippen molar-refractivity contribution in [3.63, 3.8) is 0 Å². The number of hydrogen-bond acceptors (Lipinski definition) is 4. The van der Waals surface area contributed by atoms with Gasteiger partial charge in [-0.2, -0.15) is 11.3 Å². The van der Waals surface area contributed by atoms with Crippen LogP contribution in [0.1, 0.15) is 29.3 Å². The molecule has 2 heterocycles. The normalized spacial score (nSPS) is 15.0. The number of rotatable bonds is 4. The Morgan fingerprint density at radius 2 is 2.09 bits per heavy atom. The van der Waals surface area contributed by atoms with Gasteiger partial charge in [-0.25, -0.2) is 0 Å². The number of amides is 1. The molecule has 116 valence electrons. The molecular weight excluding hydrogens is 298 g/mol. The predicted molar refractivity (Wildman–Crippen MR) is 87.0 cm³/mol. The number of ether oxygens (including phenoxy) is 2. The SMILES string of the molecule is C[C@H](Cc1ccsc1)NC(=O)c1ccc2c(c1)OCCCO2. The lowest BCUT2D eigenvalue weighted by atomic mass is 10.1. The molecule has 2 aromatic rings. The van der Waals surface area contributed by atoms with Crippen molar-refractivity contribution < 1.29 is 14.3 Å². The van der Waals surface area contributed by atoms with Crippen LogP contribution in [0.4, 0.5) is 0 Å². The summed E-state index contributed by atoms with van der Waals surface area (Å²) in [5.41, 5.74) is 1.85. The molecule has 3 rings (SSSR count). The summed E-state index contributed by atoms with van der Waals surface area (Å²) in [5.74, 6) is 1.27. The first-order valence-electron chi connectivity index (χ1n) is 7.44. The number of thiophene rings is 1. The van der Waals surface area contributed by atoms with Gasteiger partial charge in [0.2, 0.25) is 0 Å². The quantitative estimate of drug-likeness (QED) is 0.941. The maximum Gasteiger partial charge on any atom is 0.251 e. The molecule has 1 atom stereocenters. The van der Waals surface area contributed by atoms with Gasteiger partial charge >= 0.3 is 0 Å². The minimum absolute atomic E-state index is 0.0816. The third-order valence-electron chi connectivity index (χ3n) is 3.51. The van der Waals surface area contributed by atoms with Gasteiger partial charge in [0.1, 0.15) is 0 Å². The van der Waals surface area contributed by atoms with Crippen LogP contribution >= 0.6 is 11.3 Å². The summed E-state index contributed by atoms with van der Waals surface area (Å²) in [6.07, 6.45) is 1.69. The highest BCUT2D eigenvalue weighted by molar-refractivity contribution is 7.07. The van der Waals surface area contributed by atoms with Crippen molar-refractivity contribution in [3.8, 4) is 11.5 Å². The molecule has 5 heteroatoms. The van der Waals surface area contributed by atoms with Crippen molar-refractivity contribution in [2.24, 2.45) is 0 Å². The Morgan fingerprint density at radius 1 is 1.27 bits per heavy atom. The fourth-order valence-corrected chi connectivity index (χ4v) is 3.11. The van der Waals surface area contributed by atoms with Crippen LogP contribution in [-0.2, 0) is 6.42 Å². The zero-order valence-corrected chi connectivity index (χ0v) is 13.3. The first-order valence-corrected chi connectivity index (χ1v) is 8.38. The summed E-state index contributed by atoms with van der Waals surface area (Å²) < 4.78 is 11.2. The Balaban J connectivity index is 1.65. The van der Waals surface area contributed by atoms with Crippen LogP contribution in [0.5, 0.6) is 11.5 Å². The summed E-state index contributed by atoms with van der Waals surface area (Å²) >= 11 is 1.67. The lowest BCUT2D eigenvalue weighted by molar-refractivity contribution is 0.0939. The van der Waals surface area contributed by atoms with Crippen LogP contribution in [0.2, 0.25) is 0 Å². The van der Waals surface area contributed by atoms with Crippen molar-refractivity contribution in [2.75, 3.05) is 13.2 Å². The highest BCUT2D eigenvalue weighted by atomic mass is 32.1. The van der Waals surface area contributed by atoms with Gasteiger partial charge in [-0.15, -0.1) is 0 Å². The van der Waals surface area contributed by atoms with E-state index in [9.17, 15) is 4.79 Å². The van der Waals surface area contributed by atoms with Crippen molar-refractivity contribution in [2.45, 2.75) is 25.8 Å². The molecule has 0 unspecified atom stereocenters. The molecule has 0 spiro atoms. The molecule has 1 amide bonds. The van der Waals surface area contributed by atoms with Crippen molar-refractivity contribution >= 4 is 17.2 Å². The minimum atomic E-state index is -0.0848. The summed E-state index contributed by atoms with van der Waals surface area (Å²) in [6.45, 7) is 3.28. The number of fused-ring (bicyclic) bond motifs is 1. The van der Waals surface area contributed by atoms with Gasteiger partial charge in [-0.3, -0.25) is 4.79 Å². The standard InChI is InChI=1S/C17H19NO3S/c1-12(9-13-5-8-22-11-13)18-17(19)14-3-4-15-16(10-14)21-7-2-6-20-15/h3-5,8,10-12H,2,6-7,9H2,1H3,(H,18,19)/t12-/m1/s1. The van der Waals surface area contributed by atoms with E-state index >= 15 is 0 Å². The molecule has 0 aliphatic carbocycles. The maximum atomic E-state index is 12.4. The summed E-state index contributed by atoms with van der Waals surface area (Å²) in [4.78, 5) is 12.4. The largest absolute Gasteiger partial charge is 0.490 e. The fourth-order valence-electron chi connectivity index (χ4n) is 2.43. The van der Waals surface area contributed by atoms with E-state index in [1.54, 1.807) is 29.5 Å². The van der Waals surface area contributed by atoms with Crippen molar-refractivity contribution in [1.29, 1.82) is 0 Å². The fraction of sp³-hybridized carbons (Fsp3) is 0.353. The Bertz CT molecular complexity index is 639. The molecule has 1 N–H and O–H groups in total. The molecule has 0 radical (unpaired) electrons. The van der Waals surface area contributed by atoms with Gasteiger partial charge in [0, 0.05) is 18.0 Å². The molecule has 0 saturated heterocycles. The van der Waals surface area contributed by atoms with Gasteiger partial charge in [-0.05, 0) is 53.9 Å². The molecule has 1 aromatic carbocycles. The lowest BCUT2D eigenvalue weighted by Crippen LogP contribution is -2.33. The number of carbonyl (C=O) groups is 1. The Labute approximate surface area is 134 Å². The first-order chi connectivity index (χ1) is 10.7. The van der Waals surface area contributed by atoms with Gasteiger partial charge < -0.3 is 14.8 Å². The number of nitrogens with one attached hydrogen (secondary N) is 1. The van der Waals surface area contributed by atoms with Gasteiger partial charge in [-0.1, -0.05) is 0 Å². The second-order valence-electron chi connectivity index (χ2n) is 5.42. The molecule has 1 aromatic heterocycles. The monoisotopic (exact) mass is 317 g/mol. The highest BCUT2D eigenvalue weighted by Crippen LogP contribution is 2.30. The average Bonchev–Trinajstić information content (AvgIpc) is 2.89. The molecular formula is C17H19NO3S. The van der Waals surface area contributed by atoms with Crippen LogP contribution in [0, 0.1) is 0 Å². The van der Waals surface area contributed by atoms with Crippen molar-refractivity contribution in [3.05, 3.63) is 46.2 Å². The first kappa shape index (κ1) is 14.9. The topological polar surface area (TPSA) is 47.6 Å². The third-order valence-corrected chi connectivity index (χ3v) is 4.24. The molecule has 1 aliphatic heterocycles. The van der Waals surface area contributed by atoms with E-state index in [1.807, 2.05) is 12.3 Å². The van der Waals surface area contributed by atoms with Crippen LogP contribution in [0.3, 0.4) is 0 Å². The summed E-state index contributed by atoms with van der Waals surface area (Å²) in [7, 11) is 0. The third kappa shape index (κ3) is 3.60. The van der Waals surface area contributed by atoms with E-state index in [0.717, 1.165) is 12.8 Å². The molecule has 0 bridgehead atoms. The van der Waals surface area contributed by atoms with E-state index in [0.29, 0.717) is 30.3 Å². The zero-order valence-electron chi connectivity index (χ0n) is 12.5. The number of hydrogen-bond donors (Lipinski definition) is 1. The second-order valence-corrected chi connectivity index (χ2v) is 6.20. The van der Waals surface area contributed by atoms with Gasteiger partial charge in [0.05, 0.1) is 13.2 Å². The van der Waals surface area contributed by atoms with E-state index in [4.69, 9.17) is 9.47 Å². The summed E-state index contributed by atoms with van der Waals surface area (Å²) in [5, 5.41) is 7.18. The van der Waals surface area contributed by atoms with Crippen LogP contribution in [0.25, 0.3) is 0 Å². The zero-order chi connectivity index (χ0) is 15.4. The highest BCUT2D eigenvalue weighted by Gasteiger charge is 2.15. The molecule has 1 aliphatic rings. The Hall–Kier alpha value is -2.01. The van der Waals surface area contributed by atoms with Gasteiger partial charge in [0.15, 0.2) is 11.5 Å². The van der Waals surface area contributed by atoms with E-state index < -0.39 is 0 Å². The van der Waals surface area contributed by atoms with E-state index in [-0.39, 0.29) is 11.9 Å². The Morgan fingerprint density at radius 3 is 2.86 bits per heavy atom. The van der Waals surface area contributed by atoms with E-state index in [1.165, 1.54) is 5.56 Å². The second kappa shape index (κ2) is 6.83. The number of carbonyl (C=O) groups excluding carboxylic acids is 1. The van der Waals surface area contributed by atoms with Crippen LogP contribution < -0.4 is 14.8 Å². The maximum absolute atomic E-state index is 12.4. The molecule has 22 heavy (non-hydrogen) atoms. The summed E-state index contributed by atoms with van der Waals surface area (Å²) in [6, 6.07) is 7.51. The van der Waals surface area contributed by atoms with Crippen LogP contribution in [-0.4, -0.2) is 25.2 Å². The van der Waals surface area contributed by atoms with Crippen LogP contribution in [0.15, 0.2) is 35.0 Å². The average molecular weight is 317 g/mol. The molecule has 0 fully saturated rings. The number of benzene rings is 1. The smallest absolute Gasteiger partial charge is 0.251 e. The Kier molecular flexibility index (Phi) is 4.63. The van der Waals surface area contributed by atoms with Gasteiger partial charge in [0.25, 0.3) is 5.91 Å². The lowest BCUT2D eigenvalue weighted by Gasteiger charge is -2.14. The molecule has 4 nitrogen and oxygen atoms in total.